The molecule has 0 aliphatic carbocycles. The third kappa shape index (κ3) is 7.71. The maximum atomic E-state index is 8.55. The van der Waals surface area contributed by atoms with Crippen LogP contribution in [0.2, 0.25) is 0 Å². The molecule has 0 radical (unpaired) electrons. The molecule has 1 nitrogen and oxygen atoms in total. The number of hydrogen-bond acceptors (Lipinski definition) is 3. The minimum Gasteiger partial charge on any atom is -0.396 e. The second-order valence-corrected chi connectivity index (χ2v) is 5.69. The van der Waals surface area contributed by atoms with E-state index in [4.69, 9.17) is 5.11 Å². The zero-order valence-corrected chi connectivity index (χ0v) is 10.4. The van der Waals surface area contributed by atoms with Gasteiger partial charge in [0.25, 0.3) is 0 Å². The molecule has 1 fully saturated rings. The minimum absolute atomic E-state index is 0.368. The van der Waals surface area contributed by atoms with Gasteiger partial charge in [0.2, 0.25) is 0 Å². The molecular weight excluding hydrogens is 200 g/mol. The molecule has 0 amide bonds. The van der Waals surface area contributed by atoms with Crippen LogP contribution in [0.4, 0.5) is 0 Å². The molecule has 1 N–H and O–H groups in total. The number of aliphatic hydroxyl groups is 1. The summed E-state index contributed by atoms with van der Waals surface area (Å²) in [5.41, 5.74) is 0. The van der Waals surface area contributed by atoms with E-state index in [2.05, 4.69) is 10.8 Å². The quantitative estimate of drug-likeness (QED) is 0.565. The highest BCUT2D eigenvalue weighted by molar-refractivity contribution is 8.77. The van der Waals surface area contributed by atoms with Crippen molar-refractivity contribution >= 4 is 21.6 Å². The fourth-order valence-electron chi connectivity index (χ4n) is 1.23. The van der Waals surface area contributed by atoms with Gasteiger partial charge >= 0.3 is 0 Å². The fourth-order valence-corrected chi connectivity index (χ4v) is 4.25. The van der Waals surface area contributed by atoms with Crippen molar-refractivity contribution in [3.63, 3.8) is 0 Å². The topological polar surface area (TPSA) is 20.2 Å². The van der Waals surface area contributed by atoms with Crippen molar-refractivity contribution in [1.82, 2.24) is 0 Å². The van der Waals surface area contributed by atoms with E-state index in [0.29, 0.717) is 6.61 Å². The molecule has 0 saturated carbocycles. The molecule has 0 aromatic carbocycles. The first kappa shape index (κ1) is 13.7. The molecule has 0 spiro atoms. The number of rotatable bonds is 5. The van der Waals surface area contributed by atoms with Gasteiger partial charge in [0, 0.05) is 17.6 Å². The van der Waals surface area contributed by atoms with Crippen LogP contribution in [0, 0.1) is 0 Å². The summed E-state index contributed by atoms with van der Waals surface area (Å²) in [6.07, 6.45) is 6.26. The predicted octanol–water partition coefficient (Wildman–Crippen LogP) is 3.72. The summed E-state index contributed by atoms with van der Waals surface area (Å²) >= 11 is 0. The number of hydrogen-bond donors (Lipinski definition) is 1. The summed E-state index contributed by atoms with van der Waals surface area (Å²) in [4.78, 5) is 0. The van der Waals surface area contributed by atoms with Crippen molar-refractivity contribution in [3.05, 3.63) is 0 Å². The Kier molecular flexibility index (Phi) is 11.3. The van der Waals surface area contributed by atoms with Crippen LogP contribution in [-0.2, 0) is 0 Å². The summed E-state index contributed by atoms with van der Waals surface area (Å²) in [5.74, 6) is 1.34. The molecular formula is C10H22OS2. The molecule has 0 aromatic rings. The van der Waals surface area contributed by atoms with Crippen LogP contribution in [0.25, 0.3) is 0 Å². The molecule has 1 aliphatic rings. The van der Waals surface area contributed by atoms with Crippen LogP contribution in [-0.4, -0.2) is 22.7 Å². The van der Waals surface area contributed by atoms with Gasteiger partial charge < -0.3 is 5.11 Å². The van der Waals surface area contributed by atoms with E-state index in [-0.39, 0.29) is 0 Å². The molecule has 80 valence electrons. The van der Waals surface area contributed by atoms with Crippen molar-refractivity contribution < 1.29 is 5.11 Å². The Labute approximate surface area is 90.5 Å². The monoisotopic (exact) mass is 222 g/mol. The molecule has 3 heteroatoms. The van der Waals surface area contributed by atoms with Gasteiger partial charge in [0.1, 0.15) is 0 Å². The second-order valence-electron chi connectivity index (χ2n) is 2.90. The van der Waals surface area contributed by atoms with Crippen molar-refractivity contribution in [2.45, 2.75) is 51.2 Å². The lowest BCUT2D eigenvalue weighted by Crippen LogP contribution is -1.97. The largest absolute Gasteiger partial charge is 0.396 e. The van der Waals surface area contributed by atoms with Gasteiger partial charge in [-0.25, -0.2) is 0 Å². The normalized spacial score (nSPS) is 21.0. The molecule has 1 atom stereocenters. The fraction of sp³-hybridized carbons (Fsp3) is 1.00. The van der Waals surface area contributed by atoms with Gasteiger partial charge in [0.15, 0.2) is 0 Å². The van der Waals surface area contributed by atoms with Crippen molar-refractivity contribution in [1.29, 1.82) is 0 Å². The van der Waals surface area contributed by atoms with E-state index in [1.807, 2.05) is 24.6 Å². The Balaban J connectivity index is 0.000000671. The average Bonchev–Trinajstić information content (AvgIpc) is 2.68. The van der Waals surface area contributed by atoms with Crippen LogP contribution in [0.15, 0.2) is 0 Å². The van der Waals surface area contributed by atoms with Crippen molar-refractivity contribution in [2.24, 2.45) is 0 Å². The first-order chi connectivity index (χ1) is 6.43. The van der Waals surface area contributed by atoms with Gasteiger partial charge in [-0.1, -0.05) is 48.3 Å². The Morgan fingerprint density at radius 1 is 1.23 bits per heavy atom. The molecule has 0 bridgehead atoms. The molecule has 1 heterocycles. The van der Waals surface area contributed by atoms with Gasteiger partial charge in [0.05, 0.1) is 0 Å². The maximum Gasteiger partial charge on any atom is 0.0431 e. The van der Waals surface area contributed by atoms with Crippen LogP contribution >= 0.6 is 21.6 Å². The van der Waals surface area contributed by atoms with Crippen LogP contribution in [0.3, 0.4) is 0 Å². The first-order valence-electron chi connectivity index (χ1n) is 5.32. The van der Waals surface area contributed by atoms with Crippen molar-refractivity contribution in [2.75, 3.05) is 12.4 Å². The Morgan fingerprint density at radius 3 is 2.54 bits per heavy atom. The predicted molar refractivity (Wildman–Crippen MR) is 65.4 cm³/mol. The van der Waals surface area contributed by atoms with Crippen LogP contribution < -0.4 is 0 Å². The molecule has 13 heavy (non-hydrogen) atoms. The lowest BCUT2D eigenvalue weighted by atomic mass is 10.1. The van der Waals surface area contributed by atoms with Crippen molar-refractivity contribution in [3.8, 4) is 0 Å². The third-order valence-electron chi connectivity index (χ3n) is 1.91. The molecule has 1 aliphatic heterocycles. The lowest BCUT2D eigenvalue weighted by Gasteiger charge is -2.05. The number of aliphatic hydroxyl groups excluding tert-OH is 1. The first-order valence-corrected chi connectivity index (χ1v) is 7.71. The third-order valence-corrected chi connectivity index (χ3v) is 4.92. The summed E-state index contributed by atoms with van der Waals surface area (Å²) < 4.78 is 0. The summed E-state index contributed by atoms with van der Waals surface area (Å²) in [5, 5.41) is 9.46. The average molecular weight is 222 g/mol. The Morgan fingerprint density at radius 2 is 2.00 bits per heavy atom. The van der Waals surface area contributed by atoms with Crippen LogP contribution in [0.1, 0.15) is 46.0 Å². The molecule has 1 rings (SSSR count). The van der Waals surface area contributed by atoms with Gasteiger partial charge in [-0.2, -0.15) is 0 Å². The van der Waals surface area contributed by atoms with E-state index in [1.165, 1.54) is 31.4 Å². The summed E-state index contributed by atoms with van der Waals surface area (Å²) in [7, 11) is 4.07. The standard InChI is InChI=1S/C8H16OS2.C2H6/c9-6-3-1-2-4-8-5-7-10-11-8;1-2/h8-9H,1-7H2;1-2H3. The molecule has 0 aromatic heterocycles. The zero-order valence-electron chi connectivity index (χ0n) is 8.79. The Bertz CT molecular complexity index is 92.9. The SMILES string of the molecule is CC.OCCCCCC1CCSS1. The molecule has 1 unspecified atom stereocenters. The maximum absolute atomic E-state index is 8.55. The van der Waals surface area contributed by atoms with E-state index in [1.54, 1.807) is 0 Å². The highest BCUT2D eigenvalue weighted by atomic mass is 33.1. The minimum atomic E-state index is 0.368. The highest BCUT2D eigenvalue weighted by Crippen LogP contribution is 2.39. The van der Waals surface area contributed by atoms with Gasteiger partial charge in [-0.15, -0.1) is 0 Å². The summed E-state index contributed by atoms with van der Waals surface area (Å²) in [6, 6.07) is 0. The van der Waals surface area contributed by atoms with Crippen LogP contribution in [0.5, 0.6) is 0 Å². The van der Waals surface area contributed by atoms with E-state index in [9.17, 15) is 0 Å². The van der Waals surface area contributed by atoms with E-state index >= 15 is 0 Å². The number of unbranched alkanes of at least 4 members (excludes halogenated alkanes) is 2. The zero-order chi connectivity index (χ0) is 9.94. The highest BCUT2D eigenvalue weighted by Gasteiger charge is 2.15. The second kappa shape index (κ2) is 10.7. The van der Waals surface area contributed by atoms with Gasteiger partial charge in [-0.3, -0.25) is 0 Å². The Hall–Kier alpha value is 0.660. The molecule has 1 saturated heterocycles. The van der Waals surface area contributed by atoms with E-state index < -0.39 is 0 Å². The summed E-state index contributed by atoms with van der Waals surface area (Å²) in [6.45, 7) is 4.37. The van der Waals surface area contributed by atoms with E-state index in [0.717, 1.165) is 11.7 Å². The lowest BCUT2D eigenvalue weighted by molar-refractivity contribution is 0.282. The van der Waals surface area contributed by atoms with Gasteiger partial charge in [-0.05, 0) is 19.3 Å². The smallest absolute Gasteiger partial charge is 0.0431 e.